The number of barbiturate groups is 1. The fourth-order valence-electron chi connectivity index (χ4n) is 1.03. The SMILES string of the molecule is CC1C(=O)NC(=O)N(CC(N)=O)C1=O. The van der Waals surface area contributed by atoms with E-state index in [1.807, 2.05) is 5.32 Å². The smallest absolute Gasteiger partial charge is 0.331 e. The third kappa shape index (κ3) is 1.70. The van der Waals surface area contributed by atoms with Gasteiger partial charge in [-0.2, -0.15) is 0 Å². The normalized spacial score (nSPS) is 22.2. The molecule has 0 aromatic rings. The summed E-state index contributed by atoms with van der Waals surface area (Å²) in [6.45, 7) is 0.834. The number of amides is 5. The molecular formula is C7H9N3O4. The van der Waals surface area contributed by atoms with Crippen LogP contribution in [0.3, 0.4) is 0 Å². The molecule has 3 N–H and O–H groups in total. The van der Waals surface area contributed by atoms with Crippen LogP contribution in [0.4, 0.5) is 4.79 Å². The van der Waals surface area contributed by atoms with Crippen LogP contribution in [0.2, 0.25) is 0 Å². The number of hydrogen-bond acceptors (Lipinski definition) is 4. The Balaban J connectivity index is 2.84. The van der Waals surface area contributed by atoms with Gasteiger partial charge < -0.3 is 5.73 Å². The first-order valence-corrected chi connectivity index (χ1v) is 3.88. The summed E-state index contributed by atoms with van der Waals surface area (Å²) in [6.07, 6.45) is 0. The number of carbonyl (C=O) groups excluding carboxylic acids is 4. The lowest BCUT2D eigenvalue weighted by atomic mass is 10.1. The van der Waals surface area contributed by atoms with Crippen molar-refractivity contribution in [1.82, 2.24) is 10.2 Å². The van der Waals surface area contributed by atoms with E-state index in [0.717, 1.165) is 0 Å². The summed E-state index contributed by atoms with van der Waals surface area (Å²) in [4.78, 5) is 44.5. The van der Waals surface area contributed by atoms with E-state index >= 15 is 0 Å². The van der Waals surface area contributed by atoms with E-state index in [4.69, 9.17) is 5.73 Å². The topological polar surface area (TPSA) is 110 Å². The molecule has 0 spiro atoms. The summed E-state index contributed by atoms with van der Waals surface area (Å²) in [5, 5.41) is 1.93. The van der Waals surface area contributed by atoms with Crippen molar-refractivity contribution in [3.63, 3.8) is 0 Å². The third-order valence-corrected chi connectivity index (χ3v) is 1.82. The average Bonchev–Trinajstić information content (AvgIpc) is 2.09. The number of carbonyl (C=O) groups is 4. The summed E-state index contributed by atoms with van der Waals surface area (Å²) in [5.74, 6) is -3.15. The lowest BCUT2D eigenvalue weighted by molar-refractivity contribution is -0.143. The Kier molecular flexibility index (Phi) is 2.50. The largest absolute Gasteiger partial charge is 0.368 e. The van der Waals surface area contributed by atoms with Gasteiger partial charge in [-0.05, 0) is 6.92 Å². The number of nitrogens with two attached hydrogens (primary N) is 1. The van der Waals surface area contributed by atoms with Gasteiger partial charge in [0.05, 0.1) is 0 Å². The average molecular weight is 199 g/mol. The maximum Gasteiger partial charge on any atom is 0.331 e. The number of urea groups is 1. The van der Waals surface area contributed by atoms with Gasteiger partial charge >= 0.3 is 6.03 Å². The van der Waals surface area contributed by atoms with Crippen LogP contribution in [0, 0.1) is 5.92 Å². The molecule has 1 aliphatic heterocycles. The van der Waals surface area contributed by atoms with E-state index in [9.17, 15) is 19.2 Å². The molecule has 5 amide bonds. The monoisotopic (exact) mass is 199 g/mol. The number of nitrogens with one attached hydrogen (secondary N) is 1. The molecule has 0 aromatic heterocycles. The molecule has 0 radical (unpaired) electrons. The zero-order valence-corrected chi connectivity index (χ0v) is 7.44. The molecule has 14 heavy (non-hydrogen) atoms. The summed E-state index contributed by atoms with van der Waals surface area (Å²) in [5.41, 5.74) is 4.83. The molecule has 1 saturated heterocycles. The van der Waals surface area contributed by atoms with Crippen molar-refractivity contribution in [2.75, 3.05) is 6.54 Å². The van der Waals surface area contributed by atoms with Crippen LogP contribution in [0.5, 0.6) is 0 Å². The van der Waals surface area contributed by atoms with Gasteiger partial charge in [-0.1, -0.05) is 0 Å². The highest BCUT2D eigenvalue weighted by Gasteiger charge is 2.37. The first kappa shape index (κ1) is 10.2. The van der Waals surface area contributed by atoms with Crippen LogP contribution < -0.4 is 11.1 Å². The zero-order chi connectivity index (χ0) is 10.9. The van der Waals surface area contributed by atoms with Gasteiger partial charge in [0.25, 0.3) is 0 Å². The van der Waals surface area contributed by atoms with Crippen LogP contribution in [-0.4, -0.2) is 35.2 Å². The predicted molar refractivity (Wildman–Crippen MR) is 43.6 cm³/mol. The van der Waals surface area contributed by atoms with Crippen LogP contribution in [0.1, 0.15) is 6.92 Å². The second-order valence-corrected chi connectivity index (χ2v) is 2.91. The first-order chi connectivity index (χ1) is 6.43. The molecule has 0 saturated carbocycles. The Morgan fingerprint density at radius 2 is 2.07 bits per heavy atom. The molecule has 1 rings (SSSR count). The van der Waals surface area contributed by atoms with E-state index in [-0.39, 0.29) is 0 Å². The molecule has 1 heterocycles. The van der Waals surface area contributed by atoms with Gasteiger partial charge in [-0.3, -0.25) is 24.6 Å². The maximum absolute atomic E-state index is 11.3. The Morgan fingerprint density at radius 3 is 2.57 bits per heavy atom. The predicted octanol–water partition coefficient (Wildman–Crippen LogP) is -1.81. The number of imide groups is 2. The Bertz CT molecular complexity index is 325. The van der Waals surface area contributed by atoms with Crippen LogP contribution in [-0.2, 0) is 14.4 Å². The molecule has 1 atom stereocenters. The molecular weight excluding hydrogens is 190 g/mol. The summed E-state index contributed by atoms with van der Waals surface area (Å²) < 4.78 is 0. The quantitative estimate of drug-likeness (QED) is 0.510. The molecule has 7 nitrogen and oxygen atoms in total. The summed E-state index contributed by atoms with van der Waals surface area (Å²) in [7, 11) is 0. The van der Waals surface area contributed by atoms with E-state index in [0.29, 0.717) is 4.90 Å². The Morgan fingerprint density at radius 1 is 1.50 bits per heavy atom. The first-order valence-electron chi connectivity index (χ1n) is 3.88. The van der Waals surface area contributed by atoms with Gasteiger partial charge in [0, 0.05) is 0 Å². The van der Waals surface area contributed by atoms with Crippen molar-refractivity contribution < 1.29 is 19.2 Å². The standard InChI is InChI=1S/C7H9N3O4/c1-3-5(12)9-7(14)10(6(3)13)2-4(8)11/h3H,2H2,1H3,(H2,8,11)(H,9,12,14). The minimum atomic E-state index is -0.966. The molecule has 0 bridgehead atoms. The highest BCUT2D eigenvalue weighted by Crippen LogP contribution is 2.08. The lowest BCUT2D eigenvalue weighted by Crippen LogP contribution is -2.58. The summed E-state index contributed by atoms with van der Waals surface area (Å²) >= 11 is 0. The van der Waals surface area contributed by atoms with Crippen molar-refractivity contribution in [3.8, 4) is 0 Å². The number of nitrogens with zero attached hydrogens (tertiary/aromatic N) is 1. The second-order valence-electron chi connectivity index (χ2n) is 2.91. The van der Waals surface area contributed by atoms with Crippen molar-refractivity contribution in [2.45, 2.75) is 6.92 Å². The van der Waals surface area contributed by atoms with Crippen molar-refractivity contribution in [2.24, 2.45) is 11.7 Å². The maximum atomic E-state index is 11.3. The van der Waals surface area contributed by atoms with Crippen LogP contribution in [0.15, 0.2) is 0 Å². The highest BCUT2D eigenvalue weighted by molar-refractivity contribution is 6.16. The lowest BCUT2D eigenvalue weighted by Gasteiger charge is -2.27. The van der Waals surface area contributed by atoms with Crippen molar-refractivity contribution in [3.05, 3.63) is 0 Å². The number of primary amides is 1. The second kappa shape index (κ2) is 3.44. The molecule has 1 unspecified atom stereocenters. The van der Waals surface area contributed by atoms with Crippen molar-refractivity contribution in [1.29, 1.82) is 0 Å². The zero-order valence-electron chi connectivity index (χ0n) is 7.44. The summed E-state index contributed by atoms with van der Waals surface area (Å²) in [6, 6.07) is -0.906. The fourth-order valence-corrected chi connectivity index (χ4v) is 1.03. The van der Waals surface area contributed by atoms with E-state index in [1.54, 1.807) is 0 Å². The van der Waals surface area contributed by atoms with Crippen molar-refractivity contribution >= 4 is 23.8 Å². The van der Waals surface area contributed by atoms with E-state index in [1.165, 1.54) is 6.92 Å². The van der Waals surface area contributed by atoms with E-state index in [2.05, 4.69) is 0 Å². The molecule has 7 heteroatoms. The Labute approximate surface area is 79.2 Å². The fraction of sp³-hybridized carbons (Fsp3) is 0.429. The highest BCUT2D eigenvalue weighted by atomic mass is 16.2. The minimum Gasteiger partial charge on any atom is -0.368 e. The van der Waals surface area contributed by atoms with Gasteiger partial charge in [0.2, 0.25) is 17.7 Å². The third-order valence-electron chi connectivity index (χ3n) is 1.82. The molecule has 1 aliphatic rings. The van der Waals surface area contributed by atoms with Gasteiger partial charge in [-0.25, -0.2) is 4.79 Å². The minimum absolute atomic E-state index is 0.512. The number of hydrogen-bond donors (Lipinski definition) is 2. The van der Waals surface area contributed by atoms with Gasteiger partial charge in [-0.15, -0.1) is 0 Å². The van der Waals surface area contributed by atoms with Crippen LogP contribution >= 0.6 is 0 Å². The molecule has 0 aliphatic carbocycles. The van der Waals surface area contributed by atoms with Gasteiger partial charge in [0.1, 0.15) is 12.5 Å². The number of rotatable bonds is 2. The van der Waals surface area contributed by atoms with Gasteiger partial charge in [0.15, 0.2) is 0 Å². The Hall–Kier alpha value is -1.92. The molecule has 76 valence electrons. The van der Waals surface area contributed by atoms with Crippen LogP contribution in [0.25, 0.3) is 0 Å². The molecule has 0 aromatic carbocycles. The van der Waals surface area contributed by atoms with E-state index < -0.39 is 36.2 Å². The molecule has 1 fully saturated rings.